The zero-order valence-corrected chi connectivity index (χ0v) is 15.5. The lowest BCUT2D eigenvalue weighted by atomic mass is 9.92. The number of alkyl halides is 4. The fourth-order valence-electron chi connectivity index (χ4n) is 2.74. The summed E-state index contributed by atoms with van der Waals surface area (Å²) in [4.78, 5) is 19.6. The van der Waals surface area contributed by atoms with Gasteiger partial charge >= 0.3 is 13.2 Å². The van der Waals surface area contributed by atoms with E-state index in [9.17, 15) is 22.4 Å². The quantitative estimate of drug-likeness (QED) is 0.359. The maximum atomic E-state index is 12.8. The molecule has 1 unspecified atom stereocenters. The molecule has 5 nitrogen and oxygen atoms in total. The molecule has 2 heterocycles. The van der Waals surface area contributed by atoms with E-state index in [2.05, 4.69) is 19.4 Å². The molecule has 1 aromatic carbocycles. The van der Waals surface area contributed by atoms with Crippen molar-refractivity contribution in [1.29, 1.82) is 0 Å². The molecule has 0 bridgehead atoms. The van der Waals surface area contributed by atoms with Crippen molar-refractivity contribution in [3.8, 4) is 11.5 Å². The SMILES string of the molecule is O=Cc1cnc(C(Cc2ccncc2)c2ccc(OC(F)F)c(OC(F)F)c2)s1. The van der Waals surface area contributed by atoms with Gasteiger partial charge in [-0.25, -0.2) is 4.98 Å². The molecule has 1 atom stereocenters. The molecule has 0 N–H and O–H groups in total. The van der Waals surface area contributed by atoms with E-state index in [4.69, 9.17) is 0 Å². The maximum Gasteiger partial charge on any atom is 0.387 e. The van der Waals surface area contributed by atoms with Crippen LogP contribution in [0.15, 0.2) is 48.9 Å². The number of nitrogens with zero attached hydrogens (tertiary/aromatic N) is 2. The fraction of sp³-hybridized carbons (Fsp3) is 0.211. The molecule has 10 heteroatoms. The van der Waals surface area contributed by atoms with Crippen molar-refractivity contribution in [2.24, 2.45) is 0 Å². The van der Waals surface area contributed by atoms with Crippen molar-refractivity contribution in [3.05, 3.63) is 69.9 Å². The van der Waals surface area contributed by atoms with Crippen LogP contribution in [-0.4, -0.2) is 29.5 Å². The highest BCUT2D eigenvalue weighted by atomic mass is 32.1. The lowest BCUT2D eigenvalue weighted by molar-refractivity contribution is -0.0692. The second kappa shape index (κ2) is 9.46. The first-order valence-electron chi connectivity index (χ1n) is 8.29. The van der Waals surface area contributed by atoms with Gasteiger partial charge in [0.25, 0.3) is 0 Å². The molecule has 0 radical (unpaired) electrons. The minimum absolute atomic E-state index is 0.404. The molecule has 3 rings (SSSR count). The van der Waals surface area contributed by atoms with Crippen molar-refractivity contribution >= 4 is 17.6 Å². The zero-order chi connectivity index (χ0) is 20.8. The molecule has 0 saturated carbocycles. The number of benzene rings is 1. The number of hydrogen-bond donors (Lipinski definition) is 0. The normalized spacial score (nSPS) is 12.2. The lowest BCUT2D eigenvalue weighted by Gasteiger charge is -2.18. The zero-order valence-electron chi connectivity index (χ0n) is 14.7. The molecular formula is C19H14F4N2O3S. The van der Waals surface area contributed by atoms with E-state index in [1.54, 1.807) is 24.5 Å². The maximum absolute atomic E-state index is 12.8. The highest BCUT2D eigenvalue weighted by Crippen LogP contribution is 2.37. The van der Waals surface area contributed by atoms with Crippen LogP contribution in [0.2, 0.25) is 0 Å². The number of aromatic nitrogens is 2. The van der Waals surface area contributed by atoms with E-state index >= 15 is 0 Å². The number of aldehydes is 1. The molecule has 0 fully saturated rings. The molecule has 0 spiro atoms. The Balaban J connectivity index is 2.02. The average molecular weight is 426 g/mol. The van der Waals surface area contributed by atoms with E-state index < -0.39 is 30.6 Å². The highest BCUT2D eigenvalue weighted by Gasteiger charge is 2.23. The molecule has 3 aromatic rings. The summed E-state index contributed by atoms with van der Waals surface area (Å²) in [5, 5.41) is 0.564. The van der Waals surface area contributed by atoms with Crippen LogP contribution in [-0.2, 0) is 6.42 Å². The van der Waals surface area contributed by atoms with Crippen molar-refractivity contribution in [2.45, 2.75) is 25.6 Å². The molecule has 0 aliphatic rings. The van der Waals surface area contributed by atoms with E-state index in [1.165, 1.54) is 18.3 Å². The Labute approximate surface area is 167 Å². The summed E-state index contributed by atoms with van der Waals surface area (Å²) >= 11 is 1.15. The van der Waals surface area contributed by atoms with Gasteiger partial charge in [-0.2, -0.15) is 17.6 Å². The summed E-state index contributed by atoms with van der Waals surface area (Å²) in [7, 11) is 0. The number of ether oxygens (including phenoxy) is 2. The van der Waals surface area contributed by atoms with Crippen LogP contribution in [0.1, 0.15) is 31.7 Å². The predicted octanol–water partition coefficient (Wildman–Crippen LogP) is 4.93. The van der Waals surface area contributed by atoms with E-state index in [0.29, 0.717) is 28.2 Å². The topological polar surface area (TPSA) is 61.3 Å². The van der Waals surface area contributed by atoms with Crippen molar-refractivity contribution in [2.75, 3.05) is 0 Å². The minimum Gasteiger partial charge on any atom is -0.431 e. The Kier molecular flexibility index (Phi) is 6.76. The van der Waals surface area contributed by atoms with Gasteiger partial charge in [0.1, 0.15) is 5.01 Å². The summed E-state index contributed by atoms with van der Waals surface area (Å²) in [5.74, 6) is -1.44. The number of hydrogen-bond acceptors (Lipinski definition) is 6. The molecule has 0 aliphatic heterocycles. The largest absolute Gasteiger partial charge is 0.431 e. The molecule has 0 amide bonds. The van der Waals surface area contributed by atoms with E-state index in [1.807, 2.05) is 0 Å². The standard InChI is InChI=1S/C19H14F4N2O3S/c20-18(21)27-15-2-1-12(8-16(15)28-19(22)23)14(7-11-3-5-24-6-4-11)17-25-9-13(10-26)29-17/h1-6,8-10,14,18-19H,7H2. The first-order valence-corrected chi connectivity index (χ1v) is 9.11. The summed E-state index contributed by atoms with van der Waals surface area (Å²) in [6.45, 7) is -6.41. The molecule has 0 saturated heterocycles. The van der Waals surface area contributed by atoms with Crippen LogP contribution < -0.4 is 9.47 Å². The Bertz CT molecular complexity index is 954. The van der Waals surface area contributed by atoms with Crippen LogP contribution in [0.25, 0.3) is 0 Å². The number of halogens is 4. The van der Waals surface area contributed by atoms with Gasteiger partial charge in [-0.1, -0.05) is 6.07 Å². The van der Waals surface area contributed by atoms with E-state index in [0.717, 1.165) is 23.0 Å². The van der Waals surface area contributed by atoms with Crippen LogP contribution in [0.5, 0.6) is 11.5 Å². The van der Waals surface area contributed by atoms with Crippen molar-refractivity contribution in [1.82, 2.24) is 9.97 Å². The third-order valence-corrected chi connectivity index (χ3v) is 4.98. The first kappa shape index (κ1) is 20.7. The molecular weight excluding hydrogens is 412 g/mol. The van der Waals surface area contributed by atoms with Gasteiger partial charge < -0.3 is 9.47 Å². The summed E-state index contributed by atoms with van der Waals surface area (Å²) in [5.41, 5.74) is 1.38. The number of pyridine rings is 1. The molecule has 0 aliphatic carbocycles. The van der Waals surface area contributed by atoms with Crippen LogP contribution in [0.4, 0.5) is 17.6 Å². The third-order valence-electron chi connectivity index (χ3n) is 3.95. The molecule has 29 heavy (non-hydrogen) atoms. The van der Waals surface area contributed by atoms with Gasteiger partial charge in [-0.15, -0.1) is 11.3 Å². The van der Waals surface area contributed by atoms with Gasteiger partial charge in [0.05, 0.1) is 4.88 Å². The van der Waals surface area contributed by atoms with Gasteiger partial charge in [-0.05, 0) is 41.8 Å². The Morgan fingerprint density at radius 2 is 1.69 bits per heavy atom. The Morgan fingerprint density at radius 1 is 1.00 bits per heavy atom. The van der Waals surface area contributed by atoms with Gasteiger partial charge in [0, 0.05) is 24.5 Å². The number of carbonyl (C=O) groups is 1. The second-order valence-electron chi connectivity index (χ2n) is 5.79. The second-order valence-corrected chi connectivity index (χ2v) is 6.89. The smallest absolute Gasteiger partial charge is 0.387 e. The fourth-order valence-corrected chi connectivity index (χ4v) is 3.60. The average Bonchev–Trinajstić information content (AvgIpc) is 3.16. The van der Waals surface area contributed by atoms with Gasteiger partial charge in [0.2, 0.25) is 0 Å². The minimum atomic E-state index is -3.22. The van der Waals surface area contributed by atoms with E-state index in [-0.39, 0.29) is 0 Å². The number of rotatable bonds is 9. The highest BCUT2D eigenvalue weighted by molar-refractivity contribution is 7.13. The van der Waals surface area contributed by atoms with Crippen LogP contribution in [0.3, 0.4) is 0 Å². The van der Waals surface area contributed by atoms with Crippen LogP contribution >= 0.6 is 11.3 Å². The Morgan fingerprint density at radius 3 is 2.31 bits per heavy atom. The summed E-state index contributed by atoms with van der Waals surface area (Å²) in [6.07, 6.45) is 5.70. The molecule has 2 aromatic heterocycles. The first-order chi connectivity index (χ1) is 14.0. The number of carbonyl (C=O) groups excluding carboxylic acids is 1. The van der Waals surface area contributed by atoms with Crippen LogP contribution in [0, 0.1) is 0 Å². The third kappa shape index (κ3) is 5.50. The molecule has 152 valence electrons. The Hall–Kier alpha value is -3.01. The van der Waals surface area contributed by atoms with Crippen molar-refractivity contribution in [3.63, 3.8) is 0 Å². The lowest BCUT2D eigenvalue weighted by Crippen LogP contribution is -2.10. The van der Waals surface area contributed by atoms with Gasteiger partial charge in [-0.3, -0.25) is 9.78 Å². The number of thiazole rings is 1. The van der Waals surface area contributed by atoms with Crippen molar-refractivity contribution < 1.29 is 31.8 Å². The summed E-state index contributed by atoms with van der Waals surface area (Å²) in [6, 6.07) is 7.41. The summed E-state index contributed by atoms with van der Waals surface area (Å²) < 4.78 is 59.3. The predicted molar refractivity (Wildman–Crippen MR) is 97.0 cm³/mol. The van der Waals surface area contributed by atoms with Gasteiger partial charge in [0.15, 0.2) is 17.8 Å². The monoisotopic (exact) mass is 426 g/mol.